The fourth-order valence-corrected chi connectivity index (χ4v) is 6.42. The highest BCUT2D eigenvalue weighted by atomic mass is 19.1. The first-order valence-corrected chi connectivity index (χ1v) is 17.2. The van der Waals surface area contributed by atoms with Crippen molar-refractivity contribution in [3.8, 4) is 5.75 Å². The lowest BCUT2D eigenvalue weighted by Gasteiger charge is -2.43. The first kappa shape index (κ1) is 39.7. The molecule has 0 radical (unpaired) electrons. The molecule has 54 heavy (non-hydrogen) atoms. The Bertz CT molecular complexity index is 1900. The summed E-state index contributed by atoms with van der Waals surface area (Å²) in [7, 11) is 0. The zero-order valence-corrected chi connectivity index (χ0v) is 30.6. The molecule has 2 aliphatic rings. The second-order valence-electron chi connectivity index (χ2n) is 12.9. The number of benzene rings is 1. The molecular formula is C36H42FN5O12. The van der Waals surface area contributed by atoms with E-state index in [-0.39, 0.29) is 53.5 Å². The van der Waals surface area contributed by atoms with E-state index in [1.54, 1.807) is 13.8 Å². The number of nitrogens with zero attached hydrogens (tertiary/aromatic N) is 4. The summed E-state index contributed by atoms with van der Waals surface area (Å²) in [5.74, 6) is -3.87. The van der Waals surface area contributed by atoms with Crippen LogP contribution in [-0.4, -0.2) is 92.8 Å². The Morgan fingerprint density at radius 1 is 0.981 bits per heavy atom. The minimum absolute atomic E-state index is 0.00902. The lowest BCUT2D eigenvalue weighted by Crippen LogP contribution is -2.59. The number of imidazole rings is 1. The maximum absolute atomic E-state index is 15.1. The quantitative estimate of drug-likeness (QED) is 0.146. The van der Waals surface area contributed by atoms with Gasteiger partial charge in [-0.2, -0.15) is 0 Å². The Kier molecular flexibility index (Phi) is 12.6. The molecule has 2 saturated heterocycles. The summed E-state index contributed by atoms with van der Waals surface area (Å²) in [4.78, 5) is 75.4. The second-order valence-corrected chi connectivity index (χ2v) is 12.9. The molecule has 18 heteroatoms. The average molecular weight is 756 g/mol. The minimum atomic E-state index is -1.51. The molecule has 0 aliphatic carbocycles. The molecule has 4 heterocycles. The van der Waals surface area contributed by atoms with E-state index in [1.165, 1.54) is 48.4 Å². The number of anilines is 1. The van der Waals surface area contributed by atoms with Gasteiger partial charge in [-0.05, 0) is 31.0 Å². The summed E-state index contributed by atoms with van der Waals surface area (Å²) >= 11 is 0. The van der Waals surface area contributed by atoms with E-state index in [9.17, 15) is 24.0 Å². The van der Waals surface area contributed by atoms with Crippen LogP contribution in [0.4, 0.5) is 15.0 Å². The standard InChI is InChI=1S/C36H42FN5O12/c1-8-12-48-34(46)23-13-22(10-11-25(23)53-35-30(51-21(7)45)29(50-20(6)44)18(4)28(54-35)19(5)43)14-49-36(47)41-31-27-32(39-15-38-31)42(16-40-27)33-26(37)17(3)24(9-2)52-33/h8,10-11,13,15-18,24,26,28-30,33,35H,1,9,12,14H2,2-7H3,(H,38,39,41,47)/t17-,18-,24-,26-,28+,29+,30-,33-,35-/m1/s1. The van der Waals surface area contributed by atoms with Crippen LogP contribution >= 0.6 is 0 Å². The topological polar surface area (TPSA) is 206 Å². The predicted octanol–water partition coefficient (Wildman–Crippen LogP) is 4.39. The SMILES string of the molecule is C=CCOC(=O)c1cc(COC(=O)Nc2ncnc3c2ncn3[C@@H]2O[C@H](CC)[C@@H](C)[C@H]2F)ccc1O[C@@H]1O[C@H](C(C)=O)[C@@H](C)[C@H](OC(C)=O)[C@H]1OC(C)=O. The third-order valence-electron chi connectivity index (χ3n) is 9.01. The van der Waals surface area contributed by atoms with Crippen LogP contribution < -0.4 is 10.1 Å². The molecule has 3 aromatic rings. The summed E-state index contributed by atoms with van der Waals surface area (Å²) in [6.45, 7) is 11.9. The van der Waals surface area contributed by atoms with Crippen LogP contribution in [0, 0.1) is 11.8 Å². The Morgan fingerprint density at radius 3 is 2.35 bits per heavy atom. The van der Waals surface area contributed by atoms with E-state index in [1.807, 2.05) is 6.92 Å². The first-order chi connectivity index (χ1) is 25.7. The molecule has 0 unspecified atom stereocenters. The Labute approximate surface area is 309 Å². The molecule has 0 bridgehead atoms. The third kappa shape index (κ3) is 8.65. The maximum atomic E-state index is 15.1. The number of rotatable bonds is 13. The number of ketones is 1. The molecule has 9 atom stereocenters. The molecule has 1 aromatic carbocycles. The van der Waals surface area contributed by atoms with E-state index in [0.29, 0.717) is 12.0 Å². The summed E-state index contributed by atoms with van der Waals surface area (Å²) < 4.78 is 56.1. The van der Waals surface area contributed by atoms with Gasteiger partial charge in [0.15, 0.2) is 41.3 Å². The molecule has 5 rings (SSSR count). The molecule has 1 N–H and O–H groups in total. The van der Waals surface area contributed by atoms with Gasteiger partial charge in [0.2, 0.25) is 12.4 Å². The van der Waals surface area contributed by atoms with Gasteiger partial charge in [0, 0.05) is 25.7 Å². The highest BCUT2D eigenvalue weighted by Crippen LogP contribution is 2.39. The highest BCUT2D eigenvalue weighted by molar-refractivity contribution is 5.94. The van der Waals surface area contributed by atoms with Gasteiger partial charge in [0.1, 0.15) is 37.0 Å². The van der Waals surface area contributed by atoms with Gasteiger partial charge in [-0.25, -0.2) is 28.9 Å². The van der Waals surface area contributed by atoms with E-state index in [2.05, 4.69) is 26.8 Å². The summed E-state index contributed by atoms with van der Waals surface area (Å²) in [5, 5.41) is 2.51. The van der Waals surface area contributed by atoms with E-state index < -0.39 is 72.7 Å². The number of ether oxygens (including phenoxy) is 7. The van der Waals surface area contributed by atoms with Gasteiger partial charge in [-0.15, -0.1) is 0 Å². The van der Waals surface area contributed by atoms with Crippen LogP contribution in [-0.2, 0) is 49.4 Å². The molecule has 290 valence electrons. The molecule has 17 nitrogen and oxygen atoms in total. The predicted molar refractivity (Wildman–Crippen MR) is 185 cm³/mol. The van der Waals surface area contributed by atoms with E-state index >= 15 is 4.39 Å². The van der Waals surface area contributed by atoms with Crippen molar-refractivity contribution in [2.45, 2.75) is 97.7 Å². The Morgan fingerprint density at radius 2 is 1.70 bits per heavy atom. The fourth-order valence-electron chi connectivity index (χ4n) is 6.42. The van der Waals surface area contributed by atoms with Crippen molar-refractivity contribution in [1.29, 1.82) is 0 Å². The van der Waals surface area contributed by atoms with Crippen LogP contribution in [0.15, 0.2) is 43.5 Å². The monoisotopic (exact) mass is 755 g/mol. The van der Waals surface area contributed by atoms with Crippen molar-refractivity contribution in [2.75, 3.05) is 11.9 Å². The van der Waals surface area contributed by atoms with Crippen LogP contribution in [0.1, 0.15) is 70.1 Å². The summed E-state index contributed by atoms with van der Waals surface area (Å²) in [6, 6.07) is 4.19. The molecule has 2 fully saturated rings. The molecule has 0 spiro atoms. The van der Waals surface area contributed by atoms with E-state index in [4.69, 9.17) is 33.2 Å². The van der Waals surface area contributed by atoms with Gasteiger partial charge in [0.05, 0.1) is 12.4 Å². The number of fused-ring (bicyclic) bond motifs is 1. The Balaban J connectivity index is 1.35. The van der Waals surface area contributed by atoms with Crippen molar-refractivity contribution in [2.24, 2.45) is 11.8 Å². The minimum Gasteiger partial charge on any atom is -0.460 e. The molecule has 1 amide bonds. The number of amides is 1. The van der Waals surface area contributed by atoms with Crippen LogP contribution in [0.2, 0.25) is 0 Å². The highest BCUT2D eigenvalue weighted by Gasteiger charge is 2.51. The third-order valence-corrected chi connectivity index (χ3v) is 9.01. The van der Waals surface area contributed by atoms with Crippen molar-refractivity contribution < 1.29 is 61.5 Å². The lowest BCUT2D eigenvalue weighted by molar-refractivity contribution is -0.261. The molecular weight excluding hydrogens is 713 g/mol. The molecule has 2 aromatic heterocycles. The smallest absolute Gasteiger partial charge is 0.413 e. The number of halogens is 1. The number of carbonyl (C=O) groups is 5. The van der Waals surface area contributed by atoms with Gasteiger partial charge < -0.3 is 33.2 Å². The van der Waals surface area contributed by atoms with Crippen molar-refractivity contribution in [1.82, 2.24) is 19.5 Å². The summed E-state index contributed by atoms with van der Waals surface area (Å²) in [5.41, 5.74) is 0.604. The van der Waals surface area contributed by atoms with Crippen molar-refractivity contribution in [3.63, 3.8) is 0 Å². The second kappa shape index (κ2) is 17.1. The van der Waals surface area contributed by atoms with E-state index in [0.717, 1.165) is 13.8 Å². The van der Waals surface area contributed by atoms with Crippen molar-refractivity contribution in [3.05, 3.63) is 54.6 Å². The number of alkyl halides is 1. The number of aromatic nitrogens is 4. The van der Waals surface area contributed by atoms with Gasteiger partial charge in [0.25, 0.3) is 0 Å². The molecule has 0 saturated carbocycles. The van der Waals surface area contributed by atoms with Gasteiger partial charge >= 0.3 is 24.0 Å². The number of Topliss-reactive ketones (excluding diaryl/α,β-unsaturated/α-hetero) is 1. The number of esters is 3. The lowest BCUT2D eigenvalue weighted by atomic mass is 9.88. The fraction of sp³-hybridized carbons (Fsp3) is 0.500. The van der Waals surface area contributed by atoms with Crippen LogP contribution in [0.25, 0.3) is 11.2 Å². The Hall–Kier alpha value is -5.49. The number of hydrogen-bond acceptors (Lipinski definition) is 15. The van der Waals surface area contributed by atoms with Crippen molar-refractivity contribution >= 4 is 46.8 Å². The van der Waals surface area contributed by atoms with Gasteiger partial charge in [-0.1, -0.05) is 39.5 Å². The normalized spacial score (nSPS) is 26.4. The summed E-state index contributed by atoms with van der Waals surface area (Å²) in [6.07, 6.45) is -4.01. The van der Waals surface area contributed by atoms with Gasteiger partial charge in [-0.3, -0.25) is 24.3 Å². The van der Waals surface area contributed by atoms with Crippen LogP contribution in [0.5, 0.6) is 5.75 Å². The molecule has 2 aliphatic heterocycles. The maximum Gasteiger partial charge on any atom is 0.413 e. The average Bonchev–Trinajstić information content (AvgIpc) is 3.68. The zero-order chi connectivity index (χ0) is 39.3. The van der Waals surface area contributed by atoms with Crippen LogP contribution in [0.3, 0.4) is 0 Å². The number of carbonyl (C=O) groups excluding carboxylic acids is 5. The number of hydrogen-bond donors (Lipinski definition) is 1. The zero-order valence-electron chi connectivity index (χ0n) is 30.6. The number of nitrogens with one attached hydrogen (secondary N) is 1. The first-order valence-electron chi connectivity index (χ1n) is 17.2. The largest absolute Gasteiger partial charge is 0.460 e.